The standard InChI is InChI=1S/C16H14ClFN2O/c17-11-5-7-12(8-6-11)19-16(21)20-10-9-15(20)13-3-1-2-4-14(13)18/h1-8,15H,9-10H2,(H,19,21)/t15-/m0/s1. The van der Waals surface area contributed by atoms with E-state index in [4.69, 9.17) is 11.6 Å². The van der Waals surface area contributed by atoms with Gasteiger partial charge in [0.15, 0.2) is 0 Å². The predicted octanol–water partition coefficient (Wildman–Crippen LogP) is 4.46. The first-order valence-electron chi connectivity index (χ1n) is 6.73. The highest BCUT2D eigenvalue weighted by molar-refractivity contribution is 6.30. The Hall–Kier alpha value is -2.07. The molecule has 0 aromatic heterocycles. The molecule has 5 heteroatoms. The Morgan fingerprint density at radius 2 is 1.90 bits per heavy atom. The first-order valence-corrected chi connectivity index (χ1v) is 7.10. The Kier molecular flexibility index (Phi) is 3.80. The average Bonchev–Trinajstić information content (AvgIpc) is 2.42. The number of anilines is 1. The summed E-state index contributed by atoms with van der Waals surface area (Å²) in [6.45, 7) is 0.623. The number of carbonyl (C=O) groups excluding carboxylic acids is 1. The van der Waals surface area contributed by atoms with E-state index in [0.29, 0.717) is 22.8 Å². The van der Waals surface area contributed by atoms with Gasteiger partial charge in [0.1, 0.15) is 5.82 Å². The first-order chi connectivity index (χ1) is 10.1. The zero-order valence-corrected chi connectivity index (χ0v) is 12.0. The zero-order valence-electron chi connectivity index (χ0n) is 11.2. The molecule has 0 bridgehead atoms. The van der Waals surface area contributed by atoms with Gasteiger partial charge in [0.25, 0.3) is 0 Å². The van der Waals surface area contributed by atoms with Gasteiger partial charge in [-0.25, -0.2) is 9.18 Å². The quantitative estimate of drug-likeness (QED) is 0.873. The van der Waals surface area contributed by atoms with Gasteiger partial charge in [0, 0.05) is 22.8 Å². The lowest BCUT2D eigenvalue weighted by Crippen LogP contribution is -2.47. The number of hydrogen-bond donors (Lipinski definition) is 1. The number of benzene rings is 2. The molecule has 0 radical (unpaired) electrons. The van der Waals surface area contributed by atoms with E-state index < -0.39 is 0 Å². The van der Waals surface area contributed by atoms with Gasteiger partial charge in [0.2, 0.25) is 0 Å². The average molecular weight is 305 g/mol. The molecule has 0 saturated carbocycles. The Balaban J connectivity index is 1.71. The molecule has 1 saturated heterocycles. The third kappa shape index (κ3) is 2.85. The van der Waals surface area contributed by atoms with Crippen LogP contribution in [0, 0.1) is 5.82 Å². The lowest BCUT2D eigenvalue weighted by molar-refractivity contribution is 0.124. The van der Waals surface area contributed by atoms with Crippen molar-refractivity contribution in [2.75, 3.05) is 11.9 Å². The van der Waals surface area contributed by atoms with Crippen molar-refractivity contribution < 1.29 is 9.18 Å². The van der Waals surface area contributed by atoms with Crippen LogP contribution in [-0.2, 0) is 0 Å². The van der Waals surface area contributed by atoms with Crippen LogP contribution in [0.1, 0.15) is 18.0 Å². The van der Waals surface area contributed by atoms with Crippen LogP contribution < -0.4 is 5.32 Å². The van der Waals surface area contributed by atoms with Gasteiger partial charge in [-0.15, -0.1) is 0 Å². The van der Waals surface area contributed by atoms with E-state index in [2.05, 4.69) is 5.32 Å². The maximum atomic E-state index is 13.8. The summed E-state index contributed by atoms with van der Waals surface area (Å²) >= 11 is 5.81. The molecule has 1 fully saturated rings. The van der Waals surface area contributed by atoms with Crippen molar-refractivity contribution in [3.63, 3.8) is 0 Å². The maximum absolute atomic E-state index is 13.8. The fourth-order valence-electron chi connectivity index (χ4n) is 2.43. The minimum Gasteiger partial charge on any atom is -0.317 e. The molecular formula is C16H14ClFN2O. The van der Waals surface area contributed by atoms with E-state index in [0.717, 1.165) is 6.42 Å². The fraction of sp³-hybridized carbons (Fsp3) is 0.188. The molecule has 0 unspecified atom stereocenters. The summed E-state index contributed by atoms with van der Waals surface area (Å²) in [6.07, 6.45) is 0.773. The number of urea groups is 1. The molecule has 1 aliphatic heterocycles. The number of halogens is 2. The topological polar surface area (TPSA) is 32.3 Å². The van der Waals surface area contributed by atoms with Crippen molar-refractivity contribution in [2.45, 2.75) is 12.5 Å². The van der Waals surface area contributed by atoms with Crippen LogP contribution in [0.5, 0.6) is 0 Å². The Labute approximate surface area is 127 Å². The molecule has 1 heterocycles. The Morgan fingerprint density at radius 1 is 1.19 bits per heavy atom. The van der Waals surface area contributed by atoms with Gasteiger partial charge in [-0.05, 0) is 36.8 Å². The SMILES string of the molecule is O=C(Nc1ccc(Cl)cc1)N1CC[C@H]1c1ccccc1F. The van der Waals surface area contributed by atoms with Crippen LogP contribution in [0.25, 0.3) is 0 Å². The molecule has 2 aromatic rings. The zero-order chi connectivity index (χ0) is 14.8. The molecule has 1 atom stereocenters. The van der Waals surface area contributed by atoms with Crippen molar-refractivity contribution in [1.29, 1.82) is 0 Å². The molecule has 0 spiro atoms. The van der Waals surface area contributed by atoms with Crippen LogP contribution in [0.15, 0.2) is 48.5 Å². The number of amides is 2. The van der Waals surface area contributed by atoms with Crippen molar-refractivity contribution in [3.05, 3.63) is 64.9 Å². The second-order valence-corrected chi connectivity index (χ2v) is 5.39. The summed E-state index contributed by atoms with van der Waals surface area (Å²) < 4.78 is 13.8. The summed E-state index contributed by atoms with van der Waals surface area (Å²) in [6, 6.07) is 13.0. The molecule has 3 nitrogen and oxygen atoms in total. The van der Waals surface area contributed by atoms with Crippen molar-refractivity contribution in [1.82, 2.24) is 4.90 Å². The van der Waals surface area contributed by atoms with Crippen molar-refractivity contribution in [3.8, 4) is 0 Å². The number of carbonyl (C=O) groups is 1. The summed E-state index contributed by atoms with van der Waals surface area (Å²) in [7, 11) is 0. The molecule has 1 aliphatic rings. The van der Waals surface area contributed by atoms with Gasteiger partial charge in [0.05, 0.1) is 6.04 Å². The molecule has 2 aromatic carbocycles. The number of nitrogens with zero attached hydrogens (tertiary/aromatic N) is 1. The van der Waals surface area contributed by atoms with Gasteiger partial charge < -0.3 is 10.2 Å². The van der Waals surface area contributed by atoms with Crippen LogP contribution in [0.4, 0.5) is 14.9 Å². The van der Waals surface area contributed by atoms with Crippen LogP contribution in [0.2, 0.25) is 5.02 Å². The highest BCUT2D eigenvalue weighted by Crippen LogP contribution is 2.34. The highest BCUT2D eigenvalue weighted by atomic mass is 35.5. The number of hydrogen-bond acceptors (Lipinski definition) is 1. The predicted molar refractivity (Wildman–Crippen MR) is 80.9 cm³/mol. The molecule has 108 valence electrons. The summed E-state index contributed by atoms with van der Waals surface area (Å²) in [5.41, 5.74) is 1.23. The summed E-state index contributed by atoms with van der Waals surface area (Å²) in [5, 5.41) is 3.41. The van der Waals surface area contributed by atoms with E-state index in [1.54, 1.807) is 47.4 Å². The van der Waals surface area contributed by atoms with Gasteiger partial charge in [-0.3, -0.25) is 0 Å². The van der Waals surface area contributed by atoms with Crippen LogP contribution >= 0.6 is 11.6 Å². The van der Waals surface area contributed by atoms with Crippen LogP contribution in [-0.4, -0.2) is 17.5 Å². The van der Waals surface area contributed by atoms with Crippen molar-refractivity contribution in [2.24, 2.45) is 0 Å². The van der Waals surface area contributed by atoms with Gasteiger partial charge in [-0.2, -0.15) is 0 Å². The summed E-state index contributed by atoms with van der Waals surface area (Å²) in [5.74, 6) is -0.272. The molecular weight excluding hydrogens is 291 g/mol. The summed E-state index contributed by atoms with van der Waals surface area (Å²) in [4.78, 5) is 13.9. The second kappa shape index (κ2) is 5.74. The number of nitrogens with one attached hydrogen (secondary N) is 1. The van der Waals surface area contributed by atoms with E-state index in [1.807, 2.05) is 0 Å². The Morgan fingerprint density at radius 3 is 2.52 bits per heavy atom. The smallest absolute Gasteiger partial charge is 0.317 e. The second-order valence-electron chi connectivity index (χ2n) is 4.96. The van der Waals surface area contributed by atoms with E-state index in [1.165, 1.54) is 6.07 Å². The molecule has 3 rings (SSSR count). The first kappa shape index (κ1) is 13.9. The third-order valence-corrected chi connectivity index (χ3v) is 3.89. The fourth-order valence-corrected chi connectivity index (χ4v) is 2.55. The van der Waals surface area contributed by atoms with Gasteiger partial charge in [-0.1, -0.05) is 29.8 Å². The van der Waals surface area contributed by atoms with E-state index in [9.17, 15) is 9.18 Å². The van der Waals surface area contributed by atoms with Crippen LogP contribution in [0.3, 0.4) is 0 Å². The largest absolute Gasteiger partial charge is 0.322 e. The monoisotopic (exact) mass is 304 g/mol. The minimum atomic E-state index is -0.272. The van der Waals surface area contributed by atoms with Crippen molar-refractivity contribution >= 4 is 23.3 Å². The normalized spacial score (nSPS) is 17.2. The number of likely N-dealkylation sites (tertiary alicyclic amines) is 1. The van der Waals surface area contributed by atoms with E-state index >= 15 is 0 Å². The lowest BCUT2D eigenvalue weighted by Gasteiger charge is -2.41. The maximum Gasteiger partial charge on any atom is 0.322 e. The molecule has 2 amide bonds. The minimum absolute atomic E-state index is 0.196. The van der Waals surface area contributed by atoms with E-state index in [-0.39, 0.29) is 17.9 Å². The number of rotatable bonds is 2. The van der Waals surface area contributed by atoms with Gasteiger partial charge >= 0.3 is 6.03 Å². The highest BCUT2D eigenvalue weighted by Gasteiger charge is 2.34. The Bertz CT molecular complexity index is 660. The molecule has 0 aliphatic carbocycles. The molecule has 21 heavy (non-hydrogen) atoms. The molecule has 1 N–H and O–H groups in total. The lowest BCUT2D eigenvalue weighted by atomic mass is 9.95. The third-order valence-electron chi connectivity index (χ3n) is 3.64.